The van der Waals surface area contributed by atoms with Crippen LogP contribution < -0.4 is 0 Å². The van der Waals surface area contributed by atoms with Gasteiger partial charge >= 0.3 is 0 Å². The van der Waals surface area contributed by atoms with Crippen LogP contribution in [0.5, 0.6) is 0 Å². The Morgan fingerprint density at radius 1 is 1.37 bits per heavy atom. The largest absolute Gasteiger partial charge is 0.334 e. The molecule has 0 spiro atoms. The van der Waals surface area contributed by atoms with Crippen LogP contribution >= 0.6 is 27.5 Å². The van der Waals surface area contributed by atoms with Crippen LogP contribution in [0.15, 0.2) is 22.7 Å². The zero-order chi connectivity index (χ0) is 14.4. The number of nitrogens with zero attached hydrogens (tertiary/aromatic N) is 1. The van der Waals surface area contributed by atoms with Crippen LogP contribution in [-0.4, -0.2) is 29.3 Å². The number of alkyl halides is 1. The van der Waals surface area contributed by atoms with Crippen LogP contribution in [0.4, 0.5) is 0 Å². The summed E-state index contributed by atoms with van der Waals surface area (Å²) in [4.78, 5) is 14.5. The van der Waals surface area contributed by atoms with E-state index in [0.717, 1.165) is 28.4 Å². The van der Waals surface area contributed by atoms with Gasteiger partial charge in [0, 0.05) is 28.5 Å². The Morgan fingerprint density at radius 3 is 2.47 bits per heavy atom. The van der Waals surface area contributed by atoms with Gasteiger partial charge in [-0.1, -0.05) is 35.8 Å². The predicted molar refractivity (Wildman–Crippen MR) is 85.0 cm³/mol. The Labute approximate surface area is 129 Å². The third-order valence-corrected chi connectivity index (χ3v) is 4.41. The maximum Gasteiger partial charge on any atom is 0.254 e. The first-order valence-electron chi connectivity index (χ1n) is 6.68. The van der Waals surface area contributed by atoms with E-state index in [4.69, 9.17) is 11.6 Å². The first-order valence-corrected chi connectivity index (χ1v) is 8.00. The monoisotopic (exact) mass is 345 g/mol. The molecule has 1 aromatic rings. The fraction of sp³-hybridized carbons (Fsp3) is 0.533. The van der Waals surface area contributed by atoms with Crippen molar-refractivity contribution < 1.29 is 4.79 Å². The van der Waals surface area contributed by atoms with Gasteiger partial charge < -0.3 is 4.90 Å². The molecule has 0 atom stereocenters. The summed E-state index contributed by atoms with van der Waals surface area (Å²) in [5.41, 5.74) is 1.84. The molecular formula is C15H21BrClNO. The number of amides is 1. The summed E-state index contributed by atoms with van der Waals surface area (Å²) in [6.07, 6.45) is 1.90. The van der Waals surface area contributed by atoms with Gasteiger partial charge in [-0.25, -0.2) is 0 Å². The fourth-order valence-corrected chi connectivity index (χ4v) is 2.72. The molecule has 1 aromatic carbocycles. The van der Waals surface area contributed by atoms with Crippen LogP contribution in [0.2, 0.25) is 0 Å². The number of benzene rings is 1. The van der Waals surface area contributed by atoms with E-state index in [0.29, 0.717) is 12.4 Å². The summed E-state index contributed by atoms with van der Waals surface area (Å²) < 4.78 is 0.966. The number of carbonyl (C=O) groups is 1. The van der Waals surface area contributed by atoms with Crippen LogP contribution in [0, 0.1) is 6.92 Å². The first kappa shape index (κ1) is 16.5. The van der Waals surface area contributed by atoms with E-state index in [1.165, 1.54) is 0 Å². The van der Waals surface area contributed by atoms with Gasteiger partial charge in [0.1, 0.15) is 0 Å². The van der Waals surface area contributed by atoms with E-state index in [2.05, 4.69) is 29.8 Å². The number of hydrogen-bond acceptors (Lipinski definition) is 1. The predicted octanol–water partition coefficient (Wildman–Crippen LogP) is 4.63. The van der Waals surface area contributed by atoms with Gasteiger partial charge in [-0.2, -0.15) is 0 Å². The lowest BCUT2D eigenvalue weighted by molar-refractivity contribution is 0.0681. The van der Waals surface area contributed by atoms with Gasteiger partial charge in [-0.3, -0.25) is 4.79 Å². The number of carbonyl (C=O) groups excluding carboxylic acids is 1. The normalized spacial score (nSPS) is 10.8. The summed E-state index contributed by atoms with van der Waals surface area (Å²) in [6.45, 7) is 6.81. The van der Waals surface area contributed by atoms with E-state index in [1.807, 2.05) is 30.0 Å². The minimum atomic E-state index is 0.0649. The number of rotatable bonds is 6. The highest BCUT2D eigenvalue weighted by atomic mass is 79.9. The quantitative estimate of drug-likeness (QED) is 0.688. The molecule has 0 heterocycles. The average Bonchev–Trinajstić information content (AvgIpc) is 2.41. The van der Waals surface area contributed by atoms with E-state index in [1.54, 1.807) is 0 Å². The Kier molecular flexibility index (Phi) is 6.87. The molecule has 0 aliphatic rings. The summed E-state index contributed by atoms with van der Waals surface area (Å²) in [6, 6.07) is 5.99. The smallest absolute Gasteiger partial charge is 0.254 e. The lowest BCUT2D eigenvalue weighted by Crippen LogP contribution is -2.41. The molecule has 0 fully saturated rings. The second-order valence-corrected chi connectivity index (χ2v) is 5.85. The van der Waals surface area contributed by atoms with Gasteiger partial charge in [0.05, 0.1) is 0 Å². The molecule has 19 heavy (non-hydrogen) atoms. The zero-order valence-corrected chi connectivity index (χ0v) is 14.1. The minimum absolute atomic E-state index is 0.0649. The summed E-state index contributed by atoms with van der Waals surface area (Å²) in [7, 11) is 0. The number of halogens is 2. The zero-order valence-electron chi connectivity index (χ0n) is 11.7. The molecule has 0 aromatic heterocycles. The van der Waals surface area contributed by atoms with E-state index < -0.39 is 0 Å². The Balaban J connectivity index is 3.01. The second kappa shape index (κ2) is 7.91. The van der Waals surface area contributed by atoms with Crippen LogP contribution in [0.1, 0.15) is 42.6 Å². The standard InChI is InChI=1S/C15H21BrClNO/c1-4-13(5-2)18(9-8-17)15(19)12-7-6-11(3)14(16)10-12/h6-7,10,13H,4-5,8-9H2,1-3H3. The van der Waals surface area contributed by atoms with Crippen LogP contribution in [0.25, 0.3) is 0 Å². The van der Waals surface area contributed by atoms with Crippen molar-refractivity contribution in [2.24, 2.45) is 0 Å². The van der Waals surface area contributed by atoms with Crippen molar-refractivity contribution in [1.82, 2.24) is 4.90 Å². The minimum Gasteiger partial charge on any atom is -0.334 e. The highest BCUT2D eigenvalue weighted by Gasteiger charge is 2.22. The van der Waals surface area contributed by atoms with Crippen LogP contribution in [0.3, 0.4) is 0 Å². The van der Waals surface area contributed by atoms with Crippen molar-refractivity contribution in [3.8, 4) is 0 Å². The van der Waals surface area contributed by atoms with Crippen molar-refractivity contribution >= 4 is 33.4 Å². The van der Waals surface area contributed by atoms with Gasteiger partial charge in [-0.15, -0.1) is 11.6 Å². The molecule has 0 saturated heterocycles. The van der Waals surface area contributed by atoms with E-state index in [9.17, 15) is 4.79 Å². The van der Waals surface area contributed by atoms with Crippen molar-refractivity contribution in [2.45, 2.75) is 39.7 Å². The summed E-state index contributed by atoms with van der Waals surface area (Å²) in [5, 5.41) is 0. The summed E-state index contributed by atoms with van der Waals surface area (Å²) >= 11 is 9.32. The van der Waals surface area contributed by atoms with Crippen molar-refractivity contribution in [3.05, 3.63) is 33.8 Å². The Hall–Kier alpha value is -0.540. The molecule has 0 aliphatic heterocycles. The number of aryl methyl sites for hydroxylation is 1. The maximum atomic E-state index is 12.6. The van der Waals surface area contributed by atoms with E-state index in [-0.39, 0.29) is 11.9 Å². The lowest BCUT2D eigenvalue weighted by Gasteiger charge is -2.30. The van der Waals surface area contributed by atoms with Gasteiger partial charge in [-0.05, 0) is 37.5 Å². The SMILES string of the molecule is CCC(CC)N(CCCl)C(=O)c1ccc(C)c(Br)c1. The molecule has 4 heteroatoms. The molecule has 0 bridgehead atoms. The molecule has 0 unspecified atom stereocenters. The lowest BCUT2D eigenvalue weighted by atomic mass is 10.1. The molecule has 1 amide bonds. The molecular weight excluding hydrogens is 326 g/mol. The maximum absolute atomic E-state index is 12.6. The molecule has 2 nitrogen and oxygen atoms in total. The Bertz CT molecular complexity index is 432. The Morgan fingerprint density at radius 2 is 2.00 bits per heavy atom. The summed E-state index contributed by atoms with van der Waals surface area (Å²) in [5.74, 6) is 0.532. The third-order valence-electron chi connectivity index (χ3n) is 3.39. The number of hydrogen-bond donors (Lipinski definition) is 0. The molecule has 0 saturated carbocycles. The molecule has 106 valence electrons. The topological polar surface area (TPSA) is 20.3 Å². The van der Waals surface area contributed by atoms with Gasteiger partial charge in [0.15, 0.2) is 0 Å². The molecule has 0 aliphatic carbocycles. The van der Waals surface area contributed by atoms with Gasteiger partial charge in [0.25, 0.3) is 5.91 Å². The fourth-order valence-electron chi connectivity index (χ4n) is 2.16. The second-order valence-electron chi connectivity index (χ2n) is 4.62. The highest BCUT2D eigenvalue weighted by Crippen LogP contribution is 2.20. The average molecular weight is 347 g/mol. The molecule has 0 N–H and O–H groups in total. The van der Waals surface area contributed by atoms with Crippen molar-refractivity contribution in [1.29, 1.82) is 0 Å². The van der Waals surface area contributed by atoms with E-state index >= 15 is 0 Å². The van der Waals surface area contributed by atoms with Crippen molar-refractivity contribution in [2.75, 3.05) is 12.4 Å². The molecule has 0 radical (unpaired) electrons. The van der Waals surface area contributed by atoms with Gasteiger partial charge in [0.2, 0.25) is 0 Å². The third kappa shape index (κ3) is 4.22. The molecule has 1 rings (SSSR count). The van der Waals surface area contributed by atoms with Crippen LogP contribution in [-0.2, 0) is 0 Å². The highest BCUT2D eigenvalue weighted by molar-refractivity contribution is 9.10. The van der Waals surface area contributed by atoms with Crippen molar-refractivity contribution in [3.63, 3.8) is 0 Å². The first-order chi connectivity index (χ1) is 9.04.